The van der Waals surface area contributed by atoms with Crippen LogP contribution in [-0.4, -0.2) is 70.7 Å². The lowest BCUT2D eigenvalue weighted by molar-refractivity contribution is -0.870. The number of quaternary nitrogens is 1. The summed E-state index contributed by atoms with van der Waals surface area (Å²) in [6.45, 7) is 5.26. The number of phosphoric ester groups is 1. The molecule has 0 fully saturated rings. The third-order valence-electron chi connectivity index (χ3n) is 10.5. The molecule has 0 aliphatic rings. The molecular weight excluding hydrogens is 794 g/mol. The van der Waals surface area contributed by atoms with Gasteiger partial charge in [-0.15, -0.1) is 0 Å². The number of hydrogen-bond acceptors (Lipinski definition) is 7. The Morgan fingerprint density at radius 3 is 1.40 bits per heavy atom. The number of nitrogens with zero attached hydrogens (tertiary/aromatic N) is 1. The largest absolute Gasteiger partial charge is 0.756 e. The van der Waals surface area contributed by atoms with E-state index in [1.54, 1.807) is 0 Å². The predicted molar refractivity (Wildman–Crippen MR) is 263 cm³/mol. The van der Waals surface area contributed by atoms with Crippen molar-refractivity contribution in [1.82, 2.24) is 0 Å². The SMILES string of the molecule is CC/C=C\C/C=C\C/C=C\C/C=C\CCCCCCCCCCC(=O)OC(COCCCCCCCCCC/C=C\C/C=C\CCCCCC)COP(=O)([O-])OCC[N+](C)(C)C. The molecule has 8 nitrogen and oxygen atoms in total. The Bertz CT molecular complexity index is 1220. The second kappa shape index (κ2) is 45.5. The average Bonchev–Trinajstić information content (AvgIpc) is 3.23. The Morgan fingerprint density at radius 1 is 0.516 bits per heavy atom. The molecule has 0 saturated carbocycles. The van der Waals surface area contributed by atoms with E-state index >= 15 is 0 Å². The molecule has 0 bridgehead atoms. The quantitative estimate of drug-likeness (QED) is 0.0197. The minimum absolute atomic E-state index is 0.0199. The van der Waals surface area contributed by atoms with Crippen molar-refractivity contribution in [3.63, 3.8) is 0 Å². The fourth-order valence-corrected chi connectivity index (χ4v) is 7.35. The predicted octanol–water partition coefficient (Wildman–Crippen LogP) is 14.8. The summed E-state index contributed by atoms with van der Waals surface area (Å²) in [6, 6.07) is 0. The molecule has 0 rings (SSSR count). The Hall–Kier alpha value is -2.06. The van der Waals surface area contributed by atoms with Crippen LogP contribution in [-0.2, 0) is 27.9 Å². The Kier molecular flexibility index (Phi) is 44.0. The van der Waals surface area contributed by atoms with Crippen LogP contribution in [0, 0.1) is 0 Å². The number of likely N-dealkylation sites (N-methyl/N-ethyl adjacent to an activating group) is 1. The molecule has 0 aromatic rings. The van der Waals surface area contributed by atoms with Crippen LogP contribution in [0.2, 0.25) is 0 Å². The van der Waals surface area contributed by atoms with Crippen LogP contribution in [0.25, 0.3) is 0 Å². The molecule has 0 aromatic carbocycles. The minimum atomic E-state index is -4.54. The summed E-state index contributed by atoms with van der Waals surface area (Å²) in [7, 11) is 1.34. The number of esters is 1. The number of allylic oxidation sites excluding steroid dienone is 12. The second-order valence-corrected chi connectivity index (χ2v) is 19.2. The van der Waals surface area contributed by atoms with Crippen molar-refractivity contribution in [3.8, 4) is 0 Å². The highest BCUT2D eigenvalue weighted by atomic mass is 31.2. The maximum absolute atomic E-state index is 12.7. The maximum atomic E-state index is 12.7. The van der Waals surface area contributed by atoms with Crippen LogP contribution in [0.15, 0.2) is 72.9 Å². The number of carbonyl (C=O) groups excluding carboxylic acids is 1. The summed E-state index contributed by atoms with van der Waals surface area (Å²) in [6.07, 6.45) is 59.2. The molecule has 62 heavy (non-hydrogen) atoms. The number of unbranched alkanes of at least 4 members (excludes halogenated alkanes) is 20. The molecule has 360 valence electrons. The van der Waals surface area contributed by atoms with E-state index in [1.165, 1.54) is 109 Å². The van der Waals surface area contributed by atoms with Crippen LogP contribution in [0.3, 0.4) is 0 Å². The van der Waals surface area contributed by atoms with Gasteiger partial charge in [0.15, 0.2) is 0 Å². The van der Waals surface area contributed by atoms with Crippen molar-refractivity contribution < 1.29 is 37.3 Å². The normalized spacial score (nSPS) is 14.2. The minimum Gasteiger partial charge on any atom is -0.756 e. The van der Waals surface area contributed by atoms with Gasteiger partial charge in [-0.1, -0.05) is 183 Å². The fourth-order valence-electron chi connectivity index (χ4n) is 6.63. The molecule has 0 aliphatic heterocycles. The van der Waals surface area contributed by atoms with E-state index in [4.69, 9.17) is 18.5 Å². The van der Waals surface area contributed by atoms with E-state index in [-0.39, 0.29) is 25.8 Å². The first-order valence-corrected chi connectivity index (χ1v) is 26.6. The summed E-state index contributed by atoms with van der Waals surface area (Å²) >= 11 is 0. The molecule has 0 aromatic heterocycles. The molecule has 0 heterocycles. The lowest BCUT2D eigenvalue weighted by atomic mass is 10.1. The van der Waals surface area contributed by atoms with Gasteiger partial charge in [-0.05, 0) is 83.5 Å². The summed E-state index contributed by atoms with van der Waals surface area (Å²) < 4.78 is 34.7. The first-order chi connectivity index (χ1) is 30.1. The van der Waals surface area contributed by atoms with Crippen LogP contribution < -0.4 is 4.89 Å². The number of phosphoric acid groups is 1. The van der Waals surface area contributed by atoms with Crippen molar-refractivity contribution in [2.24, 2.45) is 0 Å². The summed E-state index contributed by atoms with van der Waals surface area (Å²) in [5.74, 6) is -0.346. The molecule has 2 atom stereocenters. The van der Waals surface area contributed by atoms with E-state index in [2.05, 4.69) is 86.8 Å². The van der Waals surface area contributed by atoms with Gasteiger partial charge in [0.2, 0.25) is 0 Å². The second-order valence-electron chi connectivity index (χ2n) is 17.8. The van der Waals surface area contributed by atoms with Gasteiger partial charge in [0.05, 0.1) is 34.4 Å². The third kappa shape index (κ3) is 49.0. The zero-order valence-electron chi connectivity index (χ0n) is 40.8. The van der Waals surface area contributed by atoms with E-state index < -0.39 is 13.9 Å². The maximum Gasteiger partial charge on any atom is 0.306 e. The van der Waals surface area contributed by atoms with E-state index in [0.717, 1.165) is 70.6 Å². The molecule has 0 spiro atoms. The van der Waals surface area contributed by atoms with Crippen LogP contribution >= 0.6 is 7.82 Å². The van der Waals surface area contributed by atoms with Crippen LogP contribution in [0.4, 0.5) is 0 Å². The van der Waals surface area contributed by atoms with E-state index in [0.29, 0.717) is 24.1 Å². The molecule has 2 unspecified atom stereocenters. The lowest BCUT2D eigenvalue weighted by Crippen LogP contribution is -2.37. The van der Waals surface area contributed by atoms with Crippen molar-refractivity contribution in [2.45, 2.75) is 206 Å². The van der Waals surface area contributed by atoms with Crippen molar-refractivity contribution in [3.05, 3.63) is 72.9 Å². The zero-order chi connectivity index (χ0) is 45.5. The van der Waals surface area contributed by atoms with Gasteiger partial charge in [-0.3, -0.25) is 9.36 Å². The van der Waals surface area contributed by atoms with Gasteiger partial charge in [-0.25, -0.2) is 0 Å². The van der Waals surface area contributed by atoms with Gasteiger partial charge < -0.3 is 27.9 Å². The molecule has 9 heteroatoms. The molecule has 0 radical (unpaired) electrons. The number of carbonyl (C=O) groups is 1. The highest BCUT2D eigenvalue weighted by Crippen LogP contribution is 2.38. The number of hydrogen-bond donors (Lipinski definition) is 0. The van der Waals surface area contributed by atoms with Gasteiger partial charge >= 0.3 is 5.97 Å². The number of rotatable bonds is 46. The van der Waals surface area contributed by atoms with Gasteiger partial charge in [0.25, 0.3) is 7.82 Å². The highest BCUT2D eigenvalue weighted by molar-refractivity contribution is 7.45. The Balaban J connectivity index is 4.20. The monoisotopic (exact) mass is 890 g/mol. The topological polar surface area (TPSA) is 94.1 Å². The van der Waals surface area contributed by atoms with Crippen molar-refractivity contribution >= 4 is 13.8 Å². The fraction of sp³-hybridized carbons (Fsp3) is 0.755. The van der Waals surface area contributed by atoms with Crippen LogP contribution in [0.5, 0.6) is 0 Å². The van der Waals surface area contributed by atoms with Crippen molar-refractivity contribution in [1.29, 1.82) is 0 Å². The summed E-state index contributed by atoms with van der Waals surface area (Å²) in [5, 5.41) is 0. The molecule has 0 N–H and O–H groups in total. The molecule has 0 aliphatic carbocycles. The van der Waals surface area contributed by atoms with E-state index in [1.807, 2.05) is 21.1 Å². The van der Waals surface area contributed by atoms with E-state index in [9.17, 15) is 14.3 Å². The number of ether oxygens (including phenoxy) is 2. The van der Waals surface area contributed by atoms with Gasteiger partial charge in [0.1, 0.15) is 19.3 Å². The molecular formula is C53H96NO7P. The zero-order valence-corrected chi connectivity index (χ0v) is 41.7. The molecule has 0 saturated heterocycles. The van der Waals surface area contributed by atoms with Crippen LogP contribution in [0.1, 0.15) is 200 Å². The molecule has 0 amide bonds. The first kappa shape index (κ1) is 59.9. The first-order valence-electron chi connectivity index (χ1n) is 25.2. The summed E-state index contributed by atoms with van der Waals surface area (Å²) in [4.78, 5) is 25.2. The van der Waals surface area contributed by atoms with Gasteiger partial charge in [-0.2, -0.15) is 0 Å². The van der Waals surface area contributed by atoms with Gasteiger partial charge in [0, 0.05) is 13.0 Å². The Labute approximate surface area is 383 Å². The standard InChI is InChI=1S/C53H96NO7P/c1-6-8-10-12-14-16-18-20-22-24-26-27-28-30-32-34-36-38-40-42-44-46-53(55)61-52(51-60-62(56,57)59-49-47-54(3,4)5)50-58-48-45-43-41-39-37-35-33-31-29-25-23-21-19-17-15-13-11-9-7-2/h8,10,14,16-17,19-20,22-23,25-27,52H,6-7,9,11-13,15,18,21,24,28-51H2,1-5H3/b10-8-,16-14-,19-17-,22-20-,25-23-,27-26-. The third-order valence-corrected chi connectivity index (χ3v) is 11.5. The lowest BCUT2D eigenvalue weighted by Gasteiger charge is -2.28. The highest BCUT2D eigenvalue weighted by Gasteiger charge is 2.20. The van der Waals surface area contributed by atoms with Crippen molar-refractivity contribution in [2.75, 3.05) is 54.1 Å². The smallest absolute Gasteiger partial charge is 0.306 e. The average molecular weight is 890 g/mol. The summed E-state index contributed by atoms with van der Waals surface area (Å²) in [5.41, 5.74) is 0. The Morgan fingerprint density at radius 2 is 0.935 bits per heavy atom.